The van der Waals surface area contributed by atoms with Gasteiger partial charge in [-0.3, -0.25) is 4.79 Å². The summed E-state index contributed by atoms with van der Waals surface area (Å²) in [5, 5.41) is 86.4. The zero-order chi connectivity index (χ0) is 44.0. The predicted octanol–water partition coefficient (Wildman–Crippen LogP) is 4.76. The summed E-state index contributed by atoms with van der Waals surface area (Å²) in [6.07, 6.45) is 19.1. The van der Waals surface area contributed by atoms with Crippen molar-refractivity contribution in [3.05, 3.63) is 36.5 Å². The summed E-state index contributed by atoms with van der Waals surface area (Å²) in [6, 6.07) is -0.931. The molecule has 2 heterocycles. The number of aliphatic hydroxyl groups is 8. The second-order valence-corrected chi connectivity index (χ2v) is 16.5. The number of hydrogen-bond acceptors (Lipinski definition) is 13. The van der Waals surface area contributed by atoms with Crippen molar-refractivity contribution in [3.63, 3.8) is 0 Å². The molecular weight excluding hydrogens is 774 g/mol. The Morgan fingerprint density at radius 2 is 1.07 bits per heavy atom. The van der Waals surface area contributed by atoms with Gasteiger partial charge < -0.3 is 65.1 Å². The lowest BCUT2D eigenvalue weighted by Gasteiger charge is -2.46. The highest BCUT2D eigenvalue weighted by molar-refractivity contribution is 5.76. The van der Waals surface area contributed by atoms with Gasteiger partial charge in [-0.25, -0.2) is 0 Å². The normalized spacial score (nSPS) is 28.6. The Morgan fingerprint density at radius 1 is 0.583 bits per heavy atom. The van der Waals surface area contributed by atoms with Crippen molar-refractivity contribution in [3.8, 4) is 0 Å². The van der Waals surface area contributed by atoms with Gasteiger partial charge in [0, 0.05) is 6.42 Å². The van der Waals surface area contributed by atoms with Crippen molar-refractivity contribution in [2.75, 3.05) is 19.8 Å². The van der Waals surface area contributed by atoms with E-state index in [1.807, 2.05) is 6.08 Å². The van der Waals surface area contributed by atoms with E-state index in [1.54, 1.807) is 6.08 Å². The van der Waals surface area contributed by atoms with Crippen molar-refractivity contribution in [2.24, 2.45) is 0 Å². The Labute approximate surface area is 360 Å². The number of ether oxygens (including phenoxy) is 4. The number of hydrogen-bond donors (Lipinski definition) is 9. The number of aliphatic hydroxyl groups excluding tert-OH is 8. The topological polar surface area (TPSA) is 228 Å². The van der Waals surface area contributed by atoms with Gasteiger partial charge in [-0.15, -0.1) is 0 Å². The maximum atomic E-state index is 13.1. The first-order chi connectivity index (χ1) is 29.1. The van der Waals surface area contributed by atoms with Gasteiger partial charge in [0.15, 0.2) is 12.6 Å². The van der Waals surface area contributed by atoms with E-state index < -0.39 is 86.8 Å². The van der Waals surface area contributed by atoms with Crippen LogP contribution >= 0.6 is 0 Å². The lowest BCUT2D eigenvalue weighted by molar-refractivity contribution is -0.359. The molecule has 2 rings (SSSR count). The van der Waals surface area contributed by atoms with Gasteiger partial charge in [0.25, 0.3) is 0 Å². The number of carbonyl (C=O) groups is 1. The fraction of sp³-hybridized carbons (Fsp3) is 0.848. The number of allylic oxidation sites excluding steroid dienone is 5. The van der Waals surface area contributed by atoms with Gasteiger partial charge in [0.2, 0.25) is 5.91 Å². The molecule has 0 radical (unpaired) electrons. The van der Waals surface area contributed by atoms with Gasteiger partial charge in [0.05, 0.1) is 32.0 Å². The molecule has 2 fully saturated rings. The minimum atomic E-state index is -1.79. The standard InChI is InChI=1S/C46H83NO13/c1-3-5-7-9-11-13-15-17-18-20-22-24-26-28-30-38(51)47-34(35(50)29-27-25-23-21-19-16-14-12-10-8-6-4-2)33-57-45-43(56)41(54)44(37(32-49)59-45)60-46-42(55)40(53)39(52)36(31-48)58-46/h15,17,19,21,27,29,34-37,39-46,48-50,52-56H,3-14,16,18,20,22-26,28,30-33H2,1-2H3,(H,47,51)/b17-15-,21-19+,29-27+. The number of unbranched alkanes of at least 4 members (excludes halogenated alkanes) is 17. The Kier molecular flexibility index (Phi) is 30.5. The van der Waals surface area contributed by atoms with Gasteiger partial charge >= 0.3 is 0 Å². The maximum absolute atomic E-state index is 13.1. The second-order valence-electron chi connectivity index (χ2n) is 16.5. The number of amides is 1. The molecule has 0 aromatic heterocycles. The fourth-order valence-electron chi connectivity index (χ4n) is 7.42. The monoisotopic (exact) mass is 858 g/mol. The molecule has 0 aliphatic carbocycles. The van der Waals surface area contributed by atoms with E-state index in [2.05, 4.69) is 43.5 Å². The van der Waals surface area contributed by atoms with E-state index >= 15 is 0 Å². The molecule has 14 heteroatoms. The molecule has 12 atom stereocenters. The van der Waals surface area contributed by atoms with Crippen LogP contribution in [0.2, 0.25) is 0 Å². The minimum Gasteiger partial charge on any atom is -0.394 e. The molecule has 1 amide bonds. The van der Waals surface area contributed by atoms with Crippen molar-refractivity contribution in [1.82, 2.24) is 5.32 Å². The Morgan fingerprint density at radius 3 is 1.63 bits per heavy atom. The highest BCUT2D eigenvalue weighted by Crippen LogP contribution is 2.30. The molecule has 0 spiro atoms. The fourth-order valence-corrected chi connectivity index (χ4v) is 7.42. The first-order valence-electron chi connectivity index (χ1n) is 23.2. The van der Waals surface area contributed by atoms with E-state index in [0.717, 1.165) is 51.4 Å². The third-order valence-corrected chi connectivity index (χ3v) is 11.3. The molecule has 350 valence electrons. The Bertz CT molecular complexity index is 1150. The molecule has 9 N–H and O–H groups in total. The average molecular weight is 858 g/mol. The molecule has 2 aliphatic heterocycles. The third kappa shape index (κ3) is 21.5. The van der Waals surface area contributed by atoms with Crippen LogP contribution < -0.4 is 5.32 Å². The predicted molar refractivity (Wildman–Crippen MR) is 231 cm³/mol. The number of nitrogens with one attached hydrogen (secondary N) is 1. The van der Waals surface area contributed by atoms with Gasteiger partial charge in [-0.1, -0.05) is 127 Å². The SMILES string of the molecule is CCCCCCC/C=C\CCCCCCCC(=O)NC(COC1OC(CO)C(OC2OC(CO)C(O)C(O)C2O)C(O)C1O)C(O)/C=C/CC/C=C/CCCCCCCC. The van der Waals surface area contributed by atoms with Crippen LogP contribution in [0.5, 0.6) is 0 Å². The molecule has 0 bridgehead atoms. The molecule has 14 nitrogen and oxygen atoms in total. The summed E-state index contributed by atoms with van der Waals surface area (Å²) in [7, 11) is 0. The molecule has 2 aliphatic rings. The minimum absolute atomic E-state index is 0.262. The van der Waals surface area contributed by atoms with E-state index in [0.29, 0.717) is 12.8 Å². The first-order valence-corrected chi connectivity index (χ1v) is 23.2. The van der Waals surface area contributed by atoms with Gasteiger partial charge in [0.1, 0.15) is 48.8 Å². The van der Waals surface area contributed by atoms with Crippen molar-refractivity contribution < 1.29 is 64.6 Å². The van der Waals surface area contributed by atoms with Crippen LogP contribution in [0.4, 0.5) is 0 Å². The highest BCUT2D eigenvalue weighted by Gasteiger charge is 2.50. The van der Waals surface area contributed by atoms with Crippen LogP contribution in [0.3, 0.4) is 0 Å². The summed E-state index contributed by atoms with van der Waals surface area (Å²) in [5.74, 6) is -0.262. The van der Waals surface area contributed by atoms with E-state index in [4.69, 9.17) is 18.9 Å². The molecule has 60 heavy (non-hydrogen) atoms. The van der Waals surface area contributed by atoms with Crippen molar-refractivity contribution >= 4 is 5.91 Å². The van der Waals surface area contributed by atoms with Crippen LogP contribution in [0, 0.1) is 0 Å². The second kappa shape index (κ2) is 33.7. The highest BCUT2D eigenvalue weighted by atomic mass is 16.7. The quantitative estimate of drug-likeness (QED) is 0.0315. The zero-order valence-electron chi connectivity index (χ0n) is 36.7. The van der Waals surface area contributed by atoms with E-state index in [9.17, 15) is 45.6 Å². The first kappa shape index (κ1) is 54.3. The summed E-state index contributed by atoms with van der Waals surface area (Å²) in [5.41, 5.74) is 0. The number of rotatable bonds is 34. The summed E-state index contributed by atoms with van der Waals surface area (Å²) < 4.78 is 22.6. The largest absolute Gasteiger partial charge is 0.394 e. The average Bonchev–Trinajstić information content (AvgIpc) is 3.24. The van der Waals surface area contributed by atoms with Crippen LogP contribution in [0.15, 0.2) is 36.5 Å². The number of carbonyl (C=O) groups excluding carboxylic acids is 1. The van der Waals surface area contributed by atoms with Crippen molar-refractivity contribution in [2.45, 2.75) is 229 Å². The summed E-state index contributed by atoms with van der Waals surface area (Å²) in [6.45, 7) is 2.70. The molecule has 0 aromatic rings. The molecular formula is C46H83NO13. The maximum Gasteiger partial charge on any atom is 0.220 e. The van der Waals surface area contributed by atoms with Crippen LogP contribution in [-0.2, 0) is 23.7 Å². The molecule has 12 unspecified atom stereocenters. The van der Waals surface area contributed by atoms with Crippen LogP contribution in [-0.4, -0.2) is 140 Å². The third-order valence-electron chi connectivity index (χ3n) is 11.3. The molecule has 2 saturated heterocycles. The molecule has 0 aromatic carbocycles. The van der Waals surface area contributed by atoms with Crippen LogP contribution in [0.25, 0.3) is 0 Å². The van der Waals surface area contributed by atoms with Gasteiger partial charge in [-0.2, -0.15) is 0 Å². The smallest absolute Gasteiger partial charge is 0.220 e. The summed E-state index contributed by atoms with van der Waals surface area (Å²) >= 11 is 0. The molecule has 0 saturated carbocycles. The van der Waals surface area contributed by atoms with Gasteiger partial charge in [-0.05, 0) is 57.8 Å². The lowest BCUT2D eigenvalue weighted by atomic mass is 9.97. The Hall–Kier alpha value is -1.79. The lowest BCUT2D eigenvalue weighted by Crippen LogP contribution is -2.65. The van der Waals surface area contributed by atoms with Crippen molar-refractivity contribution in [1.29, 1.82) is 0 Å². The van der Waals surface area contributed by atoms with E-state index in [-0.39, 0.29) is 18.9 Å². The van der Waals surface area contributed by atoms with E-state index in [1.165, 1.54) is 70.6 Å². The van der Waals surface area contributed by atoms with Crippen LogP contribution in [0.1, 0.15) is 155 Å². The Balaban J connectivity index is 1.92. The summed E-state index contributed by atoms with van der Waals surface area (Å²) in [4.78, 5) is 13.1. The zero-order valence-corrected chi connectivity index (χ0v) is 36.7.